The predicted octanol–water partition coefficient (Wildman–Crippen LogP) is 4.35. The Hall–Kier alpha value is -1.24. The summed E-state index contributed by atoms with van der Waals surface area (Å²) in [6, 6.07) is 11.0. The molecule has 2 nitrogen and oxygen atoms in total. The van der Waals surface area contributed by atoms with Crippen molar-refractivity contribution in [3.63, 3.8) is 0 Å². The Morgan fingerprint density at radius 3 is 2.00 bits per heavy atom. The van der Waals surface area contributed by atoms with E-state index in [0.29, 0.717) is 0 Å². The molecule has 0 N–H and O–H groups in total. The molecule has 1 saturated heterocycles. The number of ether oxygens (including phenoxy) is 1. The van der Waals surface area contributed by atoms with E-state index in [1.165, 1.54) is 16.7 Å². The fourth-order valence-corrected chi connectivity index (χ4v) is 3.08. The summed E-state index contributed by atoms with van der Waals surface area (Å²) in [5.74, 6) is 0.0879. The van der Waals surface area contributed by atoms with E-state index >= 15 is 0 Å². The fourth-order valence-electron chi connectivity index (χ4n) is 3.08. The van der Waals surface area contributed by atoms with Crippen molar-refractivity contribution in [2.24, 2.45) is 0 Å². The second kappa shape index (κ2) is 6.71. The van der Waals surface area contributed by atoms with Gasteiger partial charge < -0.3 is 4.74 Å². The number of Topliss-reactive ketones (excluding diaryl/α,β-unsaturated/α-hetero) is 1. The smallest absolute Gasteiger partial charge is 0.171 e. The molecule has 2 atom stereocenters. The monoisotopic (exact) mass is 391 g/mol. The SMILES string of the molecule is Cc1cc(C2OC2C(=O)c2c(C)c[c-]cc2C)cc(C)c1C.[Mo]. The molecule has 0 bridgehead atoms. The van der Waals surface area contributed by atoms with Crippen LogP contribution in [0.5, 0.6) is 0 Å². The number of carbonyl (C=O) groups is 1. The molecule has 2 aromatic rings. The Morgan fingerprint density at radius 1 is 0.957 bits per heavy atom. The zero-order valence-electron chi connectivity index (χ0n) is 14.2. The quantitative estimate of drug-likeness (QED) is 0.338. The second-order valence-electron chi connectivity index (χ2n) is 6.32. The van der Waals surface area contributed by atoms with Crippen LogP contribution >= 0.6 is 0 Å². The maximum Gasteiger partial charge on any atom is 0.171 e. The minimum Gasteiger partial charge on any atom is -0.356 e. The van der Waals surface area contributed by atoms with Gasteiger partial charge in [-0.05, 0) is 43.0 Å². The molecule has 1 aliphatic rings. The molecule has 0 spiro atoms. The van der Waals surface area contributed by atoms with Gasteiger partial charge in [-0.3, -0.25) is 4.79 Å². The Bertz CT molecular complexity index is 721. The molecule has 1 fully saturated rings. The number of hydrogen-bond donors (Lipinski definition) is 0. The number of ketones is 1. The predicted molar refractivity (Wildman–Crippen MR) is 87.3 cm³/mol. The summed E-state index contributed by atoms with van der Waals surface area (Å²) in [6.07, 6.45) is -0.449. The molecule has 1 aliphatic heterocycles. The Labute approximate surface area is 152 Å². The zero-order chi connectivity index (χ0) is 16.0. The van der Waals surface area contributed by atoms with Crippen molar-refractivity contribution in [2.45, 2.75) is 46.8 Å². The van der Waals surface area contributed by atoms with E-state index in [-0.39, 0.29) is 39.1 Å². The van der Waals surface area contributed by atoms with Crippen LogP contribution in [0.2, 0.25) is 0 Å². The third kappa shape index (κ3) is 3.34. The van der Waals surface area contributed by atoms with Gasteiger partial charge >= 0.3 is 0 Å². The van der Waals surface area contributed by atoms with Gasteiger partial charge in [0.1, 0.15) is 12.2 Å². The number of carbonyl (C=O) groups excluding carboxylic acids is 1. The van der Waals surface area contributed by atoms with Gasteiger partial charge in [-0.1, -0.05) is 31.5 Å². The van der Waals surface area contributed by atoms with Gasteiger partial charge in [0.25, 0.3) is 0 Å². The molecule has 23 heavy (non-hydrogen) atoms. The van der Waals surface area contributed by atoms with Crippen LogP contribution in [0.15, 0.2) is 24.3 Å². The van der Waals surface area contributed by atoms with E-state index in [1.54, 1.807) is 0 Å². The van der Waals surface area contributed by atoms with Gasteiger partial charge in [0.15, 0.2) is 5.78 Å². The molecule has 0 aromatic heterocycles. The van der Waals surface area contributed by atoms with Crippen molar-refractivity contribution in [1.82, 2.24) is 0 Å². The summed E-state index contributed by atoms with van der Waals surface area (Å²) in [5.41, 5.74) is 7.63. The number of benzene rings is 2. The van der Waals surface area contributed by atoms with Gasteiger partial charge in [0.05, 0.1) is 0 Å². The van der Waals surface area contributed by atoms with Gasteiger partial charge in [-0.15, -0.1) is 11.1 Å². The summed E-state index contributed by atoms with van der Waals surface area (Å²) in [5, 5.41) is 0. The molecule has 3 heteroatoms. The second-order valence-corrected chi connectivity index (χ2v) is 6.32. The minimum atomic E-state index is -0.346. The maximum atomic E-state index is 12.7. The fraction of sp³-hybridized carbons (Fsp3) is 0.350. The topological polar surface area (TPSA) is 29.6 Å². The minimum absolute atomic E-state index is 0. The zero-order valence-corrected chi connectivity index (χ0v) is 16.2. The van der Waals surface area contributed by atoms with E-state index < -0.39 is 0 Å². The Morgan fingerprint density at radius 2 is 1.48 bits per heavy atom. The van der Waals surface area contributed by atoms with Crippen LogP contribution < -0.4 is 0 Å². The molecule has 1 heterocycles. The van der Waals surface area contributed by atoms with Crippen LogP contribution in [0, 0.1) is 40.7 Å². The van der Waals surface area contributed by atoms with Crippen molar-refractivity contribution >= 4 is 5.78 Å². The molecule has 120 valence electrons. The van der Waals surface area contributed by atoms with Crippen LogP contribution in [0.4, 0.5) is 0 Å². The summed E-state index contributed by atoms with van der Waals surface area (Å²) < 4.78 is 5.72. The van der Waals surface area contributed by atoms with Crippen molar-refractivity contribution in [2.75, 3.05) is 0 Å². The van der Waals surface area contributed by atoms with Crippen LogP contribution in [-0.2, 0) is 25.8 Å². The van der Waals surface area contributed by atoms with E-state index in [9.17, 15) is 4.79 Å². The van der Waals surface area contributed by atoms with Gasteiger partial charge in [0, 0.05) is 21.1 Å². The van der Waals surface area contributed by atoms with Crippen molar-refractivity contribution in [3.8, 4) is 0 Å². The van der Waals surface area contributed by atoms with Crippen LogP contribution in [-0.4, -0.2) is 11.9 Å². The summed E-state index contributed by atoms with van der Waals surface area (Å²) in [4.78, 5) is 12.7. The molecule has 0 aliphatic carbocycles. The number of aryl methyl sites for hydroxylation is 4. The van der Waals surface area contributed by atoms with Crippen LogP contribution in [0.3, 0.4) is 0 Å². The van der Waals surface area contributed by atoms with E-state index in [0.717, 1.165) is 22.3 Å². The van der Waals surface area contributed by atoms with E-state index in [2.05, 4.69) is 39.0 Å². The van der Waals surface area contributed by atoms with Crippen molar-refractivity contribution < 1.29 is 30.6 Å². The molecule has 0 radical (unpaired) electrons. The number of epoxide rings is 1. The van der Waals surface area contributed by atoms with Gasteiger partial charge in [-0.2, -0.15) is 18.2 Å². The summed E-state index contributed by atoms with van der Waals surface area (Å²) in [7, 11) is 0. The van der Waals surface area contributed by atoms with E-state index in [1.807, 2.05) is 26.0 Å². The number of rotatable bonds is 3. The molecule has 2 unspecified atom stereocenters. The standard InChI is InChI=1S/C20H21O2.Mo/c1-11-7-6-8-12(2)17(11)18(21)20-19(22-20)16-9-13(3)15(5)14(4)10-16;/h7-10,19-20H,1-5H3;/q-1;. The third-order valence-corrected chi connectivity index (χ3v) is 4.66. The Kier molecular flexibility index (Phi) is 5.28. The first-order valence-electron chi connectivity index (χ1n) is 7.65. The Balaban J connectivity index is 0.00000192. The molecule has 2 aromatic carbocycles. The maximum absolute atomic E-state index is 12.7. The van der Waals surface area contributed by atoms with E-state index in [4.69, 9.17) is 4.74 Å². The largest absolute Gasteiger partial charge is 0.356 e. The summed E-state index contributed by atoms with van der Waals surface area (Å²) in [6.45, 7) is 10.2. The molecule has 3 rings (SSSR count). The first-order chi connectivity index (χ1) is 10.4. The molecular weight excluding hydrogens is 368 g/mol. The average Bonchev–Trinajstić information content (AvgIpc) is 3.24. The molecule has 0 amide bonds. The first kappa shape index (κ1) is 18.1. The number of hydrogen-bond acceptors (Lipinski definition) is 2. The molecular formula is C20H21MoO2-. The van der Waals surface area contributed by atoms with Crippen LogP contribution in [0.1, 0.15) is 49.8 Å². The third-order valence-electron chi connectivity index (χ3n) is 4.66. The van der Waals surface area contributed by atoms with Gasteiger partial charge in [-0.25, -0.2) is 0 Å². The summed E-state index contributed by atoms with van der Waals surface area (Å²) >= 11 is 0. The first-order valence-corrected chi connectivity index (χ1v) is 7.65. The van der Waals surface area contributed by atoms with Crippen molar-refractivity contribution in [3.05, 3.63) is 69.3 Å². The molecule has 0 saturated carbocycles. The normalized spacial score (nSPS) is 19.2. The average molecular weight is 389 g/mol. The van der Waals surface area contributed by atoms with Crippen LogP contribution in [0.25, 0.3) is 0 Å². The van der Waals surface area contributed by atoms with Crippen molar-refractivity contribution in [1.29, 1.82) is 0 Å². The van der Waals surface area contributed by atoms with Gasteiger partial charge in [0.2, 0.25) is 0 Å².